The Morgan fingerprint density at radius 1 is 1.13 bits per heavy atom. The fourth-order valence-electron chi connectivity index (χ4n) is 3.88. The van der Waals surface area contributed by atoms with Crippen molar-refractivity contribution in [2.75, 3.05) is 19.7 Å². The maximum absolute atomic E-state index is 13.3. The molecule has 31 heavy (non-hydrogen) atoms. The minimum absolute atomic E-state index is 0.197. The summed E-state index contributed by atoms with van der Waals surface area (Å²) in [4.78, 5) is 13.4. The lowest BCUT2D eigenvalue weighted by atomic mass is 10.1. The Morgan fingerprint density at radius 2 is 1.77 bits per heavy atom. The van der Waals surface area contributed by atoms with E-state index in [1.54, 1.807) is 4.90 Å². The zero-order chi connectivity index (χ0) is 22.6. The van der Waals surface area contributed by atoms with Crippen molar-refractivity contribution >= 4 is 16.1 Å². The van der Waals surface area contributed by atoms with Crippen LogP contribution in [0.15, 0.2) is 29.2 Å². The van der Waals surface area contributed by atoms with Gasteiger partial charge in [0.15, 0.2) is 0 Å². The van der Waals surface area contributed by atoms with Gasteiger partial charge in [0.05, 0.1) is 17.1 Å². The molecule has 0 spiro atoms. The van der Waals surface area contributed by atoms with Crippen LogP contribution in [0.25, 0.3) is 0 Å². The molecule has 10 heteroatoms. The van der Waals surface area contributed by atoms with Crippen LogP contribution in [0.5, 0.6) is 0 Å². The van der Waals surface area contributed by atoms with E-state index in [4.69, 9.17) is 4.74 Å². The molecule has 2 aliphatic rings. The number of sulfonamides is 1. The molecule has 174 valence electrons. The lowest BCUT2D eigenvalue weighted by Gasteiger charge is -2.37. The van der Waals surface area contributed by atoms with Crippen LogP contribution in [0, 0.1) is 0 Å². The minimum Gasteiger partial charge on any atom is -0.449 e. The molecule has 1 aliphatic heterocycles. The maximum atomic E-state index is 13.3. The van der Waals surface area contributed by atoms with Crippen molar-refractivity contribution in [1.29, 1.82) is 0 Å². The molecule has 1 aliphatic carbocycles. The van der Waals surface area contributed by atoms with Gasteiger partial charge in [0.25, 0.3) is 0 Å². The quantitative estimate of drug-likeness (QED) is 0.528. The van der Waals surface area contributed by atoms with Crippen LogP contribution in [-0.4, -0.2) is 55.5 Å². The monoisotopic (exact) mass is 462 g/mol. The molecular formula is C21H29F3N2O4S. The third kappa shape index (κ3) is 5.91. The lowest BCUT2D eigenvalue weighted by Crippen LogP contribution is -2.49. The summed E-state index contributed by atoms with van der Waals surface area (Å²) < 4.78 is 72.4. The predicted molar refractivity (Wildman–Crippen MR) is 109 cm³/mol. The number of carbonyl (C=O) groups excluding carboxylic acids is 1. The van der Waals surface area contributed by atoms with Crippen LogP contribution in [0.1, 0.15) is 57.4 Å². The number of rotatable bonds is 8. The van der Waals surface area contributed by atoms with E-state index in [9.17, 15) is 26.4 Å². The fraction of sp³-hybridized carbons (Fsp3) is 0.667. The van der Waals surface area contributed by atoms with Gasteiger partial charge in [-0.15, -0.1) is 0 Å². The molecule has 0 unspecified atom stereocenters. The number of benzene rings is 1. The van der Waals surface area contributed by atoms with Crippen molar-refractivity contribution in [3.63, 3.8) is 0 Å². The second-order valence-electron chi connectivity index (χ2n) is 8.13. The Kier molecular flexibility index (Phi) is 7.51. The third-order valence-corrected chi connectivity index (χ3v) is 7.70. The number of hydrogen-bond donors (Lipinski definition) is 0. The fourth-order valence-corrected chi connectivity index (χ4v) is 5.86. The first-order chi connectivity index (χ1) is 14.6. The van der Waals surface area contributed by atoms with E-state index in [-0.39, 0.29) is 17.0 Å². The molecule has 0 radical (unpaired) electrons. The molecular weight excluding hydrogens is 433 g/mol. The van der Waals surface area contributed by atoms with Gasteiger partial charge in [0, 0.05) is 25.2 Å². The van der Waals surface area contributed by atoms with Crippen molar-refractivity contribution in [2.24, 2.45) is 0 Å². The van der Waals surface area contributed by atoms with E-state index < -0.39 is 27.9 Å². The lowest BCUT2D eigenvalue weighted by molar-refractivity contribution is -0.137. The highest BCUT2D eigenvalue weighted by atomic mass is 32.2. The van der Waals surface area contributed by atoms with Gasteiger partial charge in [0.1, 0.15) is 0 Å². The van der Waals surface area contributed by atoms with Crippen LogP contribution >= 0.6 is 0 Å². The van der Waals surface area contributed by atoms with Gasteiger partial charge in [-0.3, -0.25) is 0 Å². The Morgan fingerprint density at radius 3 is 2.35 bits per heavy atom. The molecule has 3 rings (SSSR count). The van der Waals surface area contributed by atoms with Gasteiger partial charge >= 0.3 is 12.3 Å². The number of amides is 1. The van der Waals surface area contributed by atoms with Gasteiger partial charge in [-0.1, -0.05) is 25.8 Å². The largest absolute Gasteiger partial charge is 0.449 e. The SMILES string of the molecule is CCCCCOC(=O)N1CCC(N(C2CC2)S(=O)(=O)c2cccc(C(F)(F)F)c2)CC1. The van der Waals surface area contributed by atoms with Crippen molar-refractivity contribution in [3.05, 3.63) is 29.8 Å². The number of carbonyl (C=O) groups is 1. The van der Waals surface area contributed by atoms with Crippen LogP contribution in [-0.2, 0) is 20.9 Å². The molecule has 1 saturated heterocycles. The van der Waals surface area contributed by atoms with Gasteiger partial charge in [-0.2, -0.15) is 17.5 Å². The molecule has 0 bridgehead atoms. The maximum Gasteiger partial charge on any atom is 0.416 e. The number of halogens is 3. The van der Waals surface area contributed by atoms with Crippen molar-refractivity contribution in [2.45, 2.75) is 75.0 Å². The van der Waals surface area contributed by atoms with Gasteiger partial charge in [0.2, 0.25) is 10.0 Å². The molecule has 1 aromatic rings. The molecule has 0 aromatic heterocycles. The second-order valence-corrected chi connectivity index (χ2v) is 9.97. The molecule has 1 aromatic carbocycles. The Hall–Kier alpha value is -1.81. The third-order valence-electron chi connectivity index (χ3n) is 5.70. The standard InChI is InChI=1S/C21H29F3N2O4S/c1-2-3-4-14-30-20(27)25-12-10-18(11-13-25)26(17-8-9-17)31(28,29)19-7-5-6-16(15-19)21(22,23)24/h5-7,15,17-18H,2-4,8-14H2,1H3. The number of likely N-dealkylation sites (tertiary alicyclic amines) is 1. The predicted octanol–water partition coefficient (Wildman–Crippen LogP) is 4.65. The van der Waals surface area contributed by atoms with Gasteiger partial charge in [-0.25, -0.2) is 13.2 Å². The number of piperidine rings is 1. The molecule has 1 amide bonds. The van der Waals surface area contributed by atoms with Crippen molar-refractivity contribution in [1.82, 2.24) is 9.21 Å². The summed E-state index contributed by atoms with van der Waals surface area (Å²) in [6.07, 6.45) is 0.0581. The van der Waals surface area contributed by atoms with E-state index in [1.807, 2.05) is 0 Å². The average molecular weight is 463 g/mol. The van der Waals surface area contributed by atoms with Gasteiger partial charge < -0.3 is 9.64 Å². The van der Waals surface area contributed by atoms with Crippen LogP contribution in [0.3, 0.4) is 0 Å². The summed E-state index contributed by atoms with van der Waals surface area (Å²) in [5.74, 6) is 0. The summed E-state index contributed by atoms with van der Waals surface area (Å²) in [6, 6.07) is 3.35. The summed E-state index contributed by atoms with van der Waals surface area (Å²) in [7, 11) is -4.08. The molecule has 1 saturated carbocycles. The van der Waals surface area contributed by atoms with Crippen LogP contribution < -0.4 is 0 Å². The van der Waals surface area contributed by atoms with Crippen LogP contribution in [0.2, 0.25) is 0 Å². The number of ether oxygens (including phenoxy) is 1. The molecule has 1 heterocycles. The highest BCUT2D eigenvalue weighted by molar-refractivity contribution is 7.89. The van der Waals surface area contributed by atoms with E-state index >= 15 is 0 Å². The average Bonchev–Trinajstić information content (AvgIpc) is 3.56. The summed E-state index contributed by atoms with van der Waals surface area (Å²) in [5, 5.41) is 0. The number of hydrogen-bond acceptors (Lipinski definition) is 4. The van der Waals surface area contributed by atoms with E-state index in [2.05, 4.69) is 6.92 Å². The summed E-state index contributed by atoms with van der Waals surface area (Å²) in [5.41, 5.74) is -0.982. The highest BCUT2D eigenvalue weighted by Gasteiger charge is 2.44. The number of alkyl halides is 3. The van der Waals surface area contributed by atoms with Crippen molar-refractivity contribution in [3.8, 4) is 0 Å². The van der Waals surface area contributed by atoms with E-state index in [0.717, 1.165) is 31.4 Å². The first-order valence-electron chi connectivity index (χ1n) is 10.8. The van der Waals surface area contributed by atoms with E-state index in [0.29, 0.717) is 51.4 Å². The zero-order valence-electron chi connectivity index (χ0n) is 17.6. The molecule has 0 atom stereocenters. The summed E-state index contributed by atoms with van der Waals surface area (Å²) >= 11 is 0. The summed E-state index contributed by atoms with van der Waals surface area (Å²) in [6.45, 7) is 3.15. The minimum atomic E-state index is -4.61. The Bertz CT molecular complexity index is 864. The van der Waals surface area contributed by atoms with Crippen LogP contribution in [0.4, 0.5) is 18.0 Å². The Labute approximate surface area is 181 Å². The molecule has 6 nitrogen and oxygen atoms in total. The molecule has 2 fully saturated rings. The van der Waals surface area contributed by atoms with Gasteiger partial charge in [-0.05, 0) is 50.3 Å². The number of unbranched alkanes of at least 4 members (excludes halogenated alkanes) is 2. The first kappa shape index (κ1) is 23.8. The highest BCUT2D eigenvalue weighted by Crippen LogP contribution is 2.38. The zero-order valence-corrected chi connectivity index (χ0v) is 18.4. The molecule has 0 N–H and O–H groups in total. The Balaban J connectivity index is 1.68. The second kappa shape index (κ2) is 9.77. The topological polar surface area (TPSA) is 66.9 Å². The first-order valence-corrected chi connectivity index (χ1v) is 12.2. The number of nitrogens with zero attached hydrogens (tertiary/aromatic N) is 2. The normalized spacial score (nSPS) is 18.4. The van der Waals surface area contributed by atoms with E-state index in [1.165, 1.54) is 10.4 Å². The smallest absolute Gasteiger partial charge is 0.416 e. The van der Waals surface area contributed by atoms with Crippen molar-refractivity contribution < 1.29 is 31.1 Å².